The SMILES string of the molecule is CCN1CCN(C)C1C.CCN1CCN(C)C1C.CCN1CCN(C)C1C.O=P(O)(O)O. The van der Waals surface area contributed by atoms with Gasteiger partial charge in [0.25, 0.3) is 0 Å². The lowest BCUT2D eigenvalue weighted by Crippen LogP contribution is -2.33. The molecule has 0 aliphatic carbocycles. The van der Waals surface area contributed by atoms with Gasteiger partial charge in [0.15, 0.2) is 0 Å². The van der Waals surface area contributed by atoms with Crippen molar-refractivity contribution in [2.24, 2.45) is 0 Å². The zero-order valence-electron chi connectivity index (χ0n) is 22.0. The number of rotatable bonds is 3. The quantitative estimate of drug-likeness (QED) is 0.503. The van der Waals surface area contributed by atoms with Crippen LogP contribution in [0.4, 0.5) is 0 Å². The molecule has 3 aliphatic rings. The second-order valence-corrected chi connectivity index (χ2v) is 9.76. The molecule has 0 bridgehead atoms. The molecule has 10 nitrogen and oxygen atoms in total. The maximum Gasteiger partial charge on any atom is 0.466 e. The molecular formula is C21H51N6O4P. The molecule has 3 aliphatic heterocycles. The fraction of sp³-hybridized carbons (Fsp3) is 1.00. The summed E-state index contributed by atoms with van der Waals surface area (Å²) in [5, 5.41) is 0. The maximum absolute atomic E-state index is 8.88. The summed E-state index contributed by atoms with van der Waals surface area (Å²) in [7, 11) is 1.90. The first-order valence-electron chi connectivity index (χ1n) is 11.9. The van der Waals surface area contributed by atoms with Crippen molar-refractivity contribution < 1.29 is 19.2 Å². The van der Waals surface area contributed by atoms with Crippen molar-refractivity contribution in [2.45, 2.75) is 60.0 Å². The van der Waals surface area contributed by atoms with E-state index in [0.717, 1.165) is 0 Å². The average molecular weight is 483 g/mol. The molecule has 0 spiro atoms. The molecule has 0 amide bonds. The van der Waals surface area contributed by atoms with Crippen LogP contribution in [-0.4, -0.2) is 143 Å². The van der Waals surface area contributed by atoms with Gasteiger partial charge in [-0.3, -0.25) is 29.4 Å². The second kappa shape index (κ2) is 15.7. The van der Waals surface area contributed by atoms with Gasteiger partial charge >= 0.3 is 7.82 Å². The van der Waals surface area contributed by atoms with Crippen LogP contribution in [0.3, 0.4) is 0 Å². The Morgan fingerprint density at radius 1 is 0.594 bits per heavy atom. The molecule has 0 radical (unpaired) electrons. The molecule has 0 aromatic rings. The van der Waals surface area contributed by atoms with Gasteiger partial charge in [0.1, 0.15) is 0 Å². The Hall–Kier alpha value is -0.130. The van der Waals surface area contributed by atoms with Gasteiger partial charge in [-0.05, 0) is 61.5 Å². The molecule has 3 unspecified atom stereocenters. The molecule has 194 valence electrons. The summed E-state index contributed by atoms with van der Waals surface area (Å²) in [5.74, 6) is 0. The van der Waals surface area contributed by atoms with E-state index < -0.39 is 7.82 Å². The minimum Gasteiger partial charge on any atom is -0.303 e. The van der Waals surface area contributed by atoms with Crippen molar-refractivity contribution in [1.82, 2.24) is 29.4 Å². The lowest BCUT2D eigenvalue weighted by Gasteiger charge is -2.22. The van der Waals surface area contributed by atoms with Gasteiger partial charge in [0.2, 0.25) is 0 Å². The molecule has 0 aromatic carbocycles. The lowest BCUT2D eigenvalue weighted by atomic mass is 10.5. The van der Waals surface area contributed by atoms with Crippen molar-refractivity contribution in [2.75, 3.05) is 80.0 Å². The largest absolute Gasteiger partial charge is 0.466 e. The summed E-state index contributed by atoms with van der Waals surface area (Å²) < 4.78 is 8.88. The van der Waals surface area contributed by atoms with Crippen molar-refractivity contribution >= 4 is 7.82 Å². The topological polar surface area (TPSA) is 97.2 Å². The Bertz CT molecular complexity index is 475. The highest BCUT2D eigenvalue weighted by atomic mass is 31.2. The molecule has 3 heterocycles. The van der Waals surface area contributed by atoms with E-state index in [1.165, 1.54) is 58.9 Å². The van der Waals surface area contributed by atoms with Crippen LogP contribution in [-0.2, 0) is 4.57 Å². The predicted octanol–water partition coefficient (Wildman–Crippen LogP) is 0.871. The van der Waals surface area contributed by atoms with Crippen molar-refractivity contribution in [3.05, 3.63) is 0 Å². The van der Waals surface area contributed by atoms with Crippen LogP contribution >= 0.6 is 7.82 Å². The fourth-order valence-electron chi connectivity index (χ4n) is 4.08. The monoisotopic (exact) mass is 482 g/mol. The van der Waals surface area contributed by atoms with Crippen LogP contribution in [0.5, 0.6) is 0 Å². The summed E-state index contributed by atoms with van der Waals surface area (Å²) in [6.07, 6.45) is 1.99. The van der Waals surface area contributed by atoms with Gasteiger partial charge in [-0.25, -0.2) is 4.57 Å². The summed E-state index contributed by atoms with van der Waals surface area (Å²) >= 11 is 0. The van der Waals surface area contributed by atoms with Gasteiger partial charge in [0.05, 0.1) is 18.5 Å². The standard InChI is InChI=1S/3C7H16N2.H3O4P/c3*1-4-9-6-5-8(3)7(9)2;1-5(2,3)4/h3*7H,4-6H2,1-3H3;(H3,1,2,3,4). The van der Waals surface area contributed by atoms with Crippen LogP contribution < -0.4 is 0 Å². The van der Waals surface area contributed by atoms with E-state index in [0.29, 0.717) is 18.5 Å². The van der Waals surface area contributed by atoms with E-state index >= 15 is 0 Å². The average Bonchev–Trinajstić information content (AvgIpc) is 3.34. The van der Waals surface area contributed by atoms with E-state index in [2.05, 4.69) is 92.1 Å². The summed E-state index contributed by atoms with van der Waals surface area (Å²) in [5.41, 5.74) is 0. The number of hydrogen-bond donors (Lipinski definition) is 3. The Morgan fingerprint density at radius 2 is 0.781 bits per heavy atom. The Balaban J connectivity index is 0.000000410. The van der Waals surface area contributed by atoms with Crippen molar-refractivity contribution in [1.29, 1.82) is 0 Å². The maximum atomic E-state index is 8.88. The molecule has 0 aromatic heterocycles. The first-order chi connectivity index (χ1) is 14.8. The molecule has 32 heavy (non-hydrogen) atoms. The Kier molecular flexibility index (Phi) is 15.6. The third-order valence-corrected chi connectivity index (χ3v) is 6.94. The molecular weight excluding hydrogens is 431 g/mol. The normalized spacial score (nSPS) is 28.6. The first-order valence-corrected chi connectivity index (χ1v) is 13.4. The van der Waals surface area contributed by atoms with E-state index in [9.17, 15) is 0 Å². The van der Waals surface area contributed by atoms with Crippen molar-refractivity contribution in [3.8, 4) is 0 Å². The fourth-order valence-corrected chi connectivity index (χ4v) is 4.08. The zero-order chi connectivity index (χ0) is 25.1. The number of nitrogens with zero attached hydrogens (tertiary/aromatic N) is 6. The van der Waals surface area contributed by atoms with E-state index in [4.69, 9.17) is 19.2 Å². The highest BCUT2D eigenvalue weighted by Crippen LogP contribution is 2.25. The molecule has 3 N–H and O–H groups in total. The zero-order valence-corrected chi connectivity index (χ0v) is 22.9. The predicted molar refractivity (Wildman–Crippen MR) is 132 cm³/mol. The number of phosphoric acid groups is 1. The van der Waals surface area contributed by atoms with Crippen LogP contribution in [0.1, 0.15) is 41.5 Å². The third-order valence-electron chi connectivity index (χ3n) is 6.94. The molecule has 3 atom stereocenters. The van der Waals surface area contributed by atoms with Crippen LogP contribution in [0.15, 0.2) is 0 Å². The third kappa shape index (κ3) is 12.4. The minimum absolute atomic E-state index is 0.662. The van der Waals surface area contributed by atoms with Crippen LogP contribution in [0, 0.1) is 0 Å². The molecule has 0 saturated carbocycles. The highest BCUT2D eigenvalue weighted by Gasteiger charge is 2.24. The molecule has 11 heteroatoms. The van der Waals surface area contributed by atoms with Gasteiger partial charge in [-0.1, -0.05) is 20.8 Å². The Morgan fingerprint density at radius 3 is 0.844 bits per heavy atom. The van der Waals surface area contributed by atoms with Gasteiger partial charge < -0.3 is 14.7 Å². The van der Waals surface area contributed by atoms with Crippen LogP contribution in [0.2, 0.25) is 0 Å². The molecule has 3 rings (SSSR count). The van der Waals surface area contributed by atoms with E-state index in [-0.39, 0.29) is 0 Å². The summed E-state index contributed by atoms with van der Waals surface area (Å²) in [6, 6.07) is 0. The van der Waals surface area contributed by atoms with Gasteiger partial charge in [-0.2, -0.15) is 0 Å². The summed E-state index contributed by atoms with van der Waals surface area (Å²) in [6.45, 7) is 24.4. The smallest absolute Gasteiger partial charge is 0.303 e. The molecule has 3 fully saturated rings. The molecule has 3 saturated heterocycles. The second-order valence-electron chi connectivity index (χ2n) is 8.74. The minimum atomic E-state index is -4.64. The van der Waals surface area contributed by atoms with E-state index in [1.54, 1.807) is 0 Å². The Labute approximate surface area is 197 Å². The summed E-state index contributed by atoms with van der Waals surface area (Å²) in [4.78, 5) is 36.1. The first kappa shape index (κ1) is 31.9. The van der Waals surface area contributed by atoms with Crippen LogP contribution in [0.25, 0.3) is 0 Å². The van der Waals surface area contributed by atoms with E-state index in [1.807, 2.05) is 0 Å². The lowest BCUT2D eigenvalue weighted by molar-refractivity contribution is 0.184. The van der Waals surface area contributed by atoms with Crippen molar-refractivity contribution in [3.63, 3.8) is 0 Å². The van der Waals surface area contributed by atoms with Gasteiger partial charge in [0, 0.05) is 39.3 Å². The van der Waals surface area contributed by atoms with Gasteiger partial charge in [-0.15, -0.1) is 0 Å². The number of hydrogen-bond acceptors (Lipinski definition) is 7. The number of likely N-dealkylation sites (N-methyl/N-ethyl adjacent to an activating group) is 6. The highest BCUT2D eigenvalue weighted by molar-refractivity contribution is 7.45.